The van der Waals surface area contributed by atoms with Crippen LogP contribution < -0.4 is 0 Å². The van der Waals surface area contributed by atoms with Gasteiger partial charge in [0.05, 0.1) is 52.9 Å². The van der Waals surface area contributed by atoms with E-state index in [9.17, 15) is 19.2 Å². The number of esters is 4. The van der Waals surface area contributed by atoms with Crippen molar-refractivity contribution < 1.29 is 61.8 Å². The van der Waals surface area contributed by atoms with Gasteiger partial charge in [0, 0.05) is 22.3 Å². The molecule has 0 amide bonds. The van der Waals surface area contributed by atoms with Crippen LogP contribution in [0.1, 0.15) is 27.7 Å². The van der Waals surface area contributed by atoms with Crippen molar-refractivity contribution in [2.45, 2.75) is 39.9 Å². The Labute approximate surface area is 253 Å². The van der Waals surface area contributed by atoms with Crippen LogP contribution >= 0.6 is 0 Å². The second-order valence-electron chi connectivity index (χ2n) is 9.34. The molecule has 0 aromatic heterocycles. The van der Waals surface area contributed by atoms with Gasteiger partial charge >= 0.3 is 23.9 Å². The van der Waals surface area contributed by atoms with E-state index in [4.69, 9.17) is 42.6 Å². The van der Waals surface area contributed by atoms with Gasteiger partial charge in [-0.1, -0.05) is 26.3 Å². The Balaban J connectivity index is 4.89. The van der Waals surface area contributed by atoms with Crippen molar-refractivity contribution in [3.63, 3.8) is 0 Å². The lowest BCUT2D eigenvalue weighted by molar-refractivity contribution is -0.147. The molecule has 0 N–H and O–H groups in total. The van der Waals surface area contributed by atoms with Crippen LogP contribution in [0.3, 0.4) is 0 Å². The van der Waals surface area contributed by atoms with Crippen molar-refractivity contribution >= 4 is 23.9 Å². The molecule has 0 fully saturated rings. The fraction of sp³-hybridized carbons (Fsp3) is 0.600. The lowest BCUT2D eigenvalue weighted by Gasteiger charge is -2.22. The molecule has 0 aromatic carbocycles. The molecule has 0 heterocycles. The molecular formula is C30H46O13. The lowest BCUT2D eigenvalue weighted by Crippen LogP contribution is -2.33. The molecule has 0 rings (SSSR count). The zero-order chi connectivity index (χ0) is 32.6. The van der Waals surface area contributed by atoms with Crippen LogP contribution in [-0.4, -0.2) is 115 Å². The normalized spacial score (nSPS) is 12.0. The summed E-state index contributed by atoms with van der Waals surface area (Å²) in [7, 11) is 0. The van der Waals surface area contributed by atoms with Gasteiger partial charge in [-0.3, -0.25) is 0 Å². The highest BCUT2D eigenvalue weighted by atomic mass is 16.6. The highest BCUT2D eigenvalue weighted by Gasteiger charge is 2.16. The first-order chi connectivity index (χ1) is 20.3. The second-order valence-corrected chi connectivity index (χ2v) is 9.34. The molecule has 0 aliphatic carbocycles. The van der Waals surface area contributed by atoms with Crippen LogP contribution in [-0.2, 0) is 61.8 Å². The zero-order valence-corrected chi connectivity index (χ0v) is 25.8. The fourth-order valence-electron chi connectivity index (χ4n) is 2.63. The maximum absolute atomic E-state index is 11.6. The van der Waals surface area contributed by atoms with Gasteiger partial charge in [0.2, 0.25) is 0 Å². The molecule has 43 heavy (non-hydrogen) atoms. The topological polar surface area (TPSA) is 151 Å². The monoisotopic (exact) mass is 614 g/mol. The fourth-order valence-corrected chi connectivity index (χ4v) is 2.63. The van der Waals surface area contributed by atoms with E-state index in [1.54, 1.807) is 13.8 Å². The summed E-state index contributed by atoms with van der Waals surface area (Å²) in [5, 5.41) is 0. The molecule has 0 spiro atoms. The summed E-state index contributed by atoms with van der Waals surface area (Å²) in [4.78, 5) is 46.2. The van der Waals surface area contributed by atoms with Gasteiger partial charge in [-0.2, -0.15) is 0 Å². The number of ether oxygens (including phenoxy) is 9. The molecule has 0 aliphatic heterocycles. The molecule has 0 aliphatic rings. The molecule has 0 saturated carbocycles. The number of hydrogen-bond donors (Lipinski definition) is 0. The summed E-state index contributed by atoms with van der Waals surface area (Å²) in [5.41, 5.74) is 1.09. The quantitative estimate of drug-likeness (QED) is 0.0607. The SMILES string of the molecule is C=C(C)C(=O)OCCOCC(COCC(COCCOC(=O)C(=C)C)OCCOC(=O)C(=C)C)OCCOC(=O)C(=C)C. The molecule has 2 atom stereocenters. The smallest absolute Gasteiger partial charge is 0.333 e. The van der Waals surface area contributed by atoms with E-state index in [1.807, 2.05) is 0 Å². The van der Waals surface area contributed by atoms with Crippen LogP contribution in [0.25, 0.3) is 0 Å². The van der Waals surface area contributed by atoms with Gasteiger partial charge in [0.15, 0.2) is 0 Å². The van der Waals surface area contributed by atoms with Crippen molar-refractivity contribution in [2.24, 2.45) is 0 Å². The molecule has 0 saturated heterocycles. The van der Waals surface area contributed by atoms with Crippen molar-refractivity contribution in [1.82, 2.24) is 0 Å². The average Bonchev–Trinajstić information content (AvgIpc) is 2.95. The summed E-state index contributed by atoms with van der Waals surface area (Å²) in [6.07, 6.45) is -1.14. The van der Waals surface area contributed by atoms with E-state index in [0.29, 0.717) is 0 Å². The third kappa shape index (κ3) is 21.9. The number of carbonyl (C=O) groups excluding carboxylic acids is 4. The third-order valence-corrected chi connectivity index (χ3v) is 4.87. The summed E-state index contributed by atoms with van der Waals surface area (Å²) in [5.74, 6) is -2.10. The van der Waals surface area contributed by atoms with Crippen LogP contribution in [0, 0.1) is 0 Å². The van der Waals surface area contributed by atoms with Crippen molar-refractivity contribution in [1.29, 1.82) is 0 Å². The standard InChI is InChI=1S/C30H46O13/c1-21(2)27(31)40-11-9-35-17-25(38-13-15-42-29(33)23(5)6)19-37-20-26(39-14-16-43-30(34)24(7)8)18-36-10-12-41-28(32)22(3)4/h25-26H,1,3,5,7,9-20H2,2,4,6,8H3. The summed E-state index contributed by atoms with van der Waals surface area (Å²) in [6, 6.07) is 0. The van der Waals surface area contributed by atoms with Gasteiger partial charge in [0.25, 0.3) is 0 Å². The molecule has 0 aromatic rings. The minimum Gasteiger partial charge on any atom is -0.460 e. The summed E-state index contributed by atoms with van der Waals surface area (Å²) in [6.45, 7) is 21.0. The Hall–Kier alpha value is -3.36. The first kappa shape index (κ1) is 39.6. The van der Waals surface area contributed by atoms with E-state index >= 15 is 0 Å². The number of rotatable bonds is 26. The van der Waals surface area contributed by atoms with Crippen molar-refractivity contribution in [3.8, 4) is 0 Å². The molecule has 13 nitrogen and oxygen atoms in total. The molecular weight excluding hydrogens is 568 g/mol. The highest BCUT2D eigenvalue weighted by Crippen LogP contribution is 2.03. The van der Waals surface area contributed by atoms with Crippen LogP contribution in [0.15, 0.2) is 48.6 Å². The maximum atomic E-state index is 11.6. The van der Waals surface area contributed by atoms with Crippen molar-refractivity contribution in [2.75, 3.05) is 79.3 Å². The Bertz CT molecular complexity index is 866. The maximum Gasteiger partial charge on any atom is 0.333 e. The van der Waals surface area contributed by atoms with Gasteiger partial charge in [-0.25, -0.2) is 19.2 Å². The van der Waals surface area contributed by atoms with Gasteiger partial charge in [-0.15, -0.1) is 0 Å². The predicted octanol–water partition coefficient (Wildman–Crippen LogP) is 2.28. The second kappa shape index (κ2) is 24.1. The van der Waals surface area contributed by atoms with Gasteiger partial charge < -0.3 is 42.6 Å². The minimum absolute atomic E-state index is 0.00313. The third-order valence-electron chi connectivity index (χ3n) is 4.87. The van der Waals surface area contributed by atoms with Gasteiger partial charge in [0.1, 0.15) is 38.6 Å². The van der Waals surface area contributed by atoms with Crippen LogP contribution in [0.4, 0.5) is 0 Å². The van der Waals surface area contributed by atoms with E-state index in [1.165, 1.54) is 13.8 Å². The predicted molar refractivity (Wildman–Crippen MR) is 155 cm³/mol. The molecule has 13 heteroatoms. The van der Waals surface area contributed by atoms with Crippen LogP contribution in [0.2, 0.25) is 0 Å². The Morgan fingerprint density at radius 3 is 0.953 bits per heavy atom. The first-order valence-corrected chi connectivity index (χ1v) is 13.6. The minimum atomic E-state index is -0.569. The van der Waals surface area contributed by atoms with E-state index in [2.05, 4.69) is 26.3 Å². The summed E-state index contributed by atoms with van der Waals surface area (Å²) >= 11 is 0. The molecule has 244 valence electrons. The zero-order valence-electron chi connectivity index (χ0n) is 25.8. The van der Waals surface area contributed by atoms with Crippen LogP contribution in [0.5, 0.6) is 0 Å². The Morgan fingerprint density at radius 2 is 0.674 bits per heavy atom. The molecule has 0 radical (unpaired) electrons. The van der Waals surface area contributed by atoms with Gasteiger partial charge in [-0.05, 0) is 27.7 Å². The average molecular weight is 615 g/mol. The number of carbonyl (C=O) groups is 4. The van der Waals surface area contributed by atoms with Crippen molar-refractivity contribution in [3.05, 3.63) is 48.6 Å². The molecule has 2 unspecified atom stereocenters. The number of hydrogen-bond acceptors (Lipinski definition) is 13. The Morgan fingerprint density at radius 1 is 0.419 bits per heavy atom. The van der Waals surface area contributed by atoms with E-state index in [-0.39, 0.29) is 102 Å². The highest BCUT2D eigenvalue weighted by molar-refractivity contribution is 5.88. The molecule has 0 bridgehead atoms. The van der Waals surface area contributed by atoms with E-state index < -0.39 is 36.1 Å². The first-order valence-electron chi connectivity index (χ1n) is 13.6. The largest absolute Gasteiger partial charge is 0.460 e. The van der Waals surface area contributed by atoms with E-state index in [0.717, 1.165) is 0 Å². The lowest BCUT2D eigenvalue weighted by atomic mass is 10.3. The Kier molecular flexibility index (Phi) is 22.2. The summed E-state index contributed by atoms with van der Waals surface area (Å²) < 4.78 is 48.5.